The highest BCUT2D eigenvalue weighted by Crippen LogP contribution is 2.38. The molecule has 19 heavy (non-hydrogen) atoms. The van der Waals surface area contributed by atoms with Crippen molar-refractivity contribution >= 4 is 10.1 Å². The summed E-state index contributed by atoms with van der Waals surface area (Å²) in [6.07, 6.45) is 1.07. The molecule has 2 rings (SSSR count). The van der Waals surface area contributed by atoms with Crippen LogP contribution in [0.2, 0.25) is 0 Å². The lowest BCUT2D eigenvalue weighted by atomic mass is 9.74. The van der Waals surface area contributed by atoms with Crippen LogP contribution < -0.4 is 0 Å². The maximum Gasteiger partial charge on any atom is 0.294 e. The second-order valence-corrected chi connectivity index (χ2v) is 6.42. The average molecular weight is 286 g/mol. The van der Waals surface area contributed by atoms with Crippen LogP contribution in [-0.4, -0.2) is 37.9 Å². The van der Waals surface area contributed by atoms with Crippen molar-refractivity contribution in [1.29, 1.82) is 0 Å². The molecular weight excluding hydrogens is 268 g/mol. The van der Waals surface area contributed by atoms with Crippen LogP contribution in [0, 0.1) is 6.92 Å². The molecule has 0 unspecified atom stereocenters. The normalized spacial score (nSPS) is 19.3. The number of rotatable bonds is 3. The van der Waals surface area contributed by atoms with Gasteiger partial charge in [-0.05, 0) is 31.4 Å². The Morgan fingerprint density at radius 1 is 1.32 bits per heavy atom. The molecule has 0 radical (unpaired) electrons. The third-order valence-electron chi connectivity index (χ3n) is 3.74. The van der Waals surface area contributed by atoms with Crippen molar-refractivity contribution < 1.29 is 22.8 Å². The Bertz CT molecular complexity index is 558. The van der Waals surface area contributed by atoms with Crippen molar-refractivity contribution in [3.05, 3.63) is 29.3 Å². The Morgan fingerprint density at radius 3 is 2.47 bits per heavy atom. The highest BCUT2D eigenvalue weighted by atomic mass is 32.2. The summed E-state index contributed by atoms with van der Waals surface area (Å²) in [4.78, 5) is -0.117. The molecule has 1 aromatic rings. The van der Waals surface area contributed by atoms with Crippen molar-refractivity contribution in [3.63, 3.8) is 0 Å². The van der Waals surface area contributed by atoms with E-state index in [1.807, 2.05) is 6.92 Å². The second-order valence-electron chi connectivity index (χ2n) is 5.03. The highest BCUT2D eigenvalue weighted by Gasteiger charge is 2.37. The topological polar surface area (TPSA) is 83.8 Å². The first-order chi connectivity index (χ1) is 8.89. The van der Waals surface area contributed by atoms with E-state index in [4.69, 9.17) is 4.74 Å². The summed E-state index contributed by atoms with van der Waals surface area (Å²) in [5, 5.41) is 9.74. The van der Waals surface area contributed by atoms with Crippen LogP contribution in [0.25, 0.3) is 0 Å². The van der Waals surface area contributed by atoms with Gasteiger partial charge in [0, 0.05) is 18.6 Å². The number of benzene rings is 1. The number of aliphatic hydroxyl groups excluding tert-OH is 1. The Morgan fingerprint density at radius 2 is 1.95 bits per heavy atom. The zero-order valence-corrected chi connectivity index (χ0v) is 11.6. The number of aryl methyl sites for hydroxylation is 1. The van der Waals surface area contributed by atoms with Gasteiger partial charge >= 0.3 is 0 Å². The Kier molecular flexibility index (Phi) is 3.96. The third-order valence-corrected chi connectivity index (χ3v) is 4.65. The summed E-state index contributed by atoms with van der Waals surface area (Å²) in [6, 6.07) is 4.76. The fourth-order valence-electron chi connectivity index (χ4n) is 2.56. The molecule has 1 saturated heterocycles. The molecule has 1 heterocycles. The molecule has 0 saturated carbocycles. The molecule has 1 aliphatic rings. The minimum absolute atomic E-state index is 0.117. The first-order valence-electron chi connectivity index (χ1n) is 6.16. The van der Waals surface area contributed by atoms with Gasteiger partial charge in [0.1, 0.15) is 0 Å². The number of ether oxygens (including phenoxy) is 1. The van der Waals surface area contributed by atoms with Crippen LogP contribution in [0.4, 0.5) is 0 Å². The van der Waals surface area contributed by atoms with Gasteiger partial charge in [0.15, 0.2) is 0 Å². The standard InChI is InChI=1S/C13H18O5S/c1-10-2-3-12(19(15,16)17)11(8-10)13(9-14)4-6-18-7-5-13/h2-3,8,14H,4-7,9H2,1H3,(H,15,16,17). The Labute approximate surface area is 113 Å². The molecule has 0 atom stereocenters. The van der Waals surface area contributed by atoms with Crippen molar-refractivity contribution in [3.8, 4) is 0 Å². The lowest BCUT2D eigenvalue weighted by Crippen LogP contribution is -2.38. The molecular formula is C13H18O5S. The molecule has 6 heteroatoms. The molecule has 5 nitrogen and oxygen atoms in total. The molecule has 0 aliphatic carbocycles. The quantitative estimate of drug-likeness (QED) is 0.818. The summed E-state index contributed by atoms with van der Waals surface area (Å²) in [5.74, 6) is 0. The molecule has 0 spiro atoms. The Balaban J connectivity index is 2.62. The van der Waals surface area contributed by atoms with E-state index < -0.39 is 15.5 Å². The van der Waals surface area contributed by atoms with Crippen molar-refractivity contribution in [2.45, 2.75) is 30.1 Å². The minimum atomic E-state index is -4.30. The summed E-state index contributed by atoms with van der Waals surface area (Å²) >= 11 is 0. The van der Waals surface area contributed by atoms with Gasteiger partial charge in [-0.2, -0.15) is 8.42 Å². The largest absolute Gasteiger partial charge is 0.395 e. The van der Waals surface area contributed by atoms with Crippen LogP contribution >= 0.6 is 0 Å². The van der Waals surface area contributed by atoms with Crippen LogP contribution in [-0.2, 0) is 20.3 Å². The zero-order chi connectivity index (χ0) is 14.1. The number of aliphatic hydroxyl groups is 1. The van der Waals surface area contributed by atoms with Crippen LogP contribution in [0.5, 0.6) is 0 Å². The van der Waals surface area contributed by atoms with E-state index in [9.17, 15) is 18.1 Å². The monoisotopic (exact) mass is 286 g/mol. The average Bonchev–Trinajstić information content (AvgIpc) is 2.38. The van der Waals surface area contributed by atoms with E-state index in [0.29, 0.717) is 31.6 Å². The van der Waals surface area contributed by atoms with Crippen molar-refractivity contribution in [2.24, 2.45) is 0 Å². The van der Waals surface area contributed by atoms with Gasteiger partial charge in [0.25, 0.3) is 10.1 Å². The summed E-state index contributed by atoms with van der Waals surface area (Å²) in [7, 11) is -4.30. The van der Waals surface area contributed by atoms with E-state index >= 15 is 0 Å². The van der Waals surface area contributed by atoms with Gasteiger partial charge in [0.05, 0.1) is 11.5 Å². The van der Waals surface area contributed by atoms with Gasteiger partial charge in [-0.15, -0.1) is 0 Å². The molecule has 1 aliphatic heterocycles. The van der Waals surface area contributed by atoms with Gasteiger partial charge in [-0.1, -0.05) is 17.7 Å². The summed E-state index contributed by atoms with van der Waals surface area (Å²) < 4.78 is 37.7. The van der Waals surface area contributed by atoms with Crippen LogP contribution in [0.15, 0.2) is 23.1 Å². The first kappa shape index (κ1) is 14.5. The summed E-state index contributed by atoms with van der Waals surface area (Å²) in [5.41, 5.74) is 0.720. The van der Waals surface area contributed by atoms with Crippen LogP contribution in [0.1, 0.15) is 24.0 Å². The zero-order valence-electron chi connectivity index (χ0n) is 10.8. The fraction of sp³-hybridized carbons (Fsp3) is 0.538. The first-order valence-corrected chi connectivity index (χ1v) is 7.60. The van der Waals surface area contributed by atoms with Crippen molar-refractivity contribution in [2.75, 3.05) is 19.8 Å². The number of hydrogen-bond acceptors (Lipinski definition) is 4. The molecule has 0 aromatic heterocycles. The highest BCUT2D eigenvalue weighted by molar-refractivity contribution is 7.85. The van der Waals surface area contributed by atoms with Crippen LogP contribution in [0.3, 0.4) is 0 Å². The Hall–Kier alpha value is -0.950. The maximum absolute atomic E-state index is 11.5. The predicted molar refractivity (Wildman–Crippen MR) is 69.8 cm³/mol. The van der Waals surface area contributed by atoms with Crippen molar-refractivity contribution in [1.82, 2.24) is 0 Å². The molecule has 0 amide bonds. The SMILES string of the molecule is Cc1ccc(S(=O)(=O)O)c(C2(CO)CCOCC2)c1. The predicted octanol–water partition coefficient (Wildman–Crippen LogP) is 1.28. The van der Waals surface area contributed by atoms with E-state index in [0.717, 1.165) is 5.56 Å². The minimum Gasteiger partial charge on any atom is -0.395 e. The summed E-state index contributed by atoms with van der Waals surface area (Å²) in [6.45, 7) is 2.63. The van der Waals surface area contributed by atoms with Gasteiger partial charge in [0.2, 0.25) is 0 Å². The molecule has 0 bridgehead atoms. The third kappa shape index (κ3) is 2.81. The van der Waals surface area contributed by atoms with E-state index in [2.05, 4.69) is 0 Å². The fourth-order valence-corrected chi connectivity index (χ4v) is 3.35. The smallest absolute Gasteiger partial charge is 0.294 e. The second kappa shape index (κ2) is 5.20. The van der Waals surface area contributed by atoms with E-state index in [-0.39, 0.29) is 11.5 Å². The number of hydrogen-bond donors (Lipinski definition) is 2. The lowest BCUT2D eigenvalue weighted by molar-refractivity contribution is 0.0241. The molecule has 1 fully saturated rings. The molecule has 1 aromatic carbocycles. The van der Waals surface area contributed by atoms with Gasteiger partial charge in [-0.25, -0.2) is 0 Å². The molecule has 2 N–H and O–H groups in total. The molecule has 106 valence electrons. The maximum atomic E-state index is 11.5. The van der Waals surface area contributed by atoms with Gasteiger partial charge < -0.3 is 9.84 Å². The van der Waals surface area contributed by atoms with Gasteiger partial charge in [-0.3, -0.25) is 4.55 Å². The van der Waals surface area contributed by atoms with E-state index in [1.54, 1.807) is 12.1 Å². The van der Waals surface area contributed by atoms with E-state index in [1.165, 1.54) is 6.07 Å². The lowest BCUT2D eigenvalue weighted by Gasteiger charge is -2.37.